The van der Waals surface area contributed by atoms with Crippen molar-refractivity contribution in [2.45, 2.75) is 19.4 Å². The summed E-state index contributed by atoms with van der Waals surface area (Å²) in [4.78, 5) is 0. The second kappa shape index (κ2) is 4.83. The van der Waals surface area contributed by atoms with E-state index in [1.165, 1.54) is 5.56 Å². The van der Waals surface area contributed by atoms with Crippen molar-refractivity contribution in [3.05, 3.63) is 65.2 Å². The van der Waals surface area contributed by atoms with Crippen molar-refractivity contribution in [3.63, 3.8) is 0 Å². The monoisotopic (exact) mass is 241 g/mol. The molecule has 0 spiro atoms. The van der Waals surface area contributed by atoms with Crippen LogP contribution in [0.25, 0.3) is 0 Å². The molecule has 2 N–H and O–H groups in total. The summed E-state index contributed by atoms with van der Waals surface area (Å²) in [5.74, 6) is 0.847. The highest BCUT2D eigenvalue weighted by atomic mass is 16.5. The maximum atomic E-state index is 6.51. The van der Waals surface area contributed by atoms with E-state index in [9.17, 15) is 0 Å². The predicted molar refractivity (Wildman–Crippen MR) is 74.8 cm³/mol. The van der Waals surface area contributed by atoms with Crippen LogP contribution < -0.4 is 10.5 Å². The van der Waals surface area contributed by atoms with Gasteiger partial charge in [0, 0.05) is 0 Å². The van der Waals surface area contributed by atoms with Crippen LogP contribution in [-0.2, 0) is 5.54 Å². The first-order chi connectivity index (χ1) is 8.55. The molecule has 0 aliphatic heterocycles. The normalized spacial score (nSPS) is 14.0. The number of aryl methyl sites for hydroxylation is 1. The minimum absolute atomic E-state index is 0.488. The molecule has 0 aliphatic carbocycles. The molecule has 2 rings (SSSR count). The summed E-state index contributed by atoms with van der Waals surface area (Å²) in [6, 6.07) is 16.2. The molecule has 2 aromatic rings. The summed E-state index contributed by atoms with van der Waals surface area (Å²) in [6.45, 7) is 4.13. The Kier molecular flexibility index (Phi) is 3.39. The van der Waals surface area contributed by atoms with Crippen LogP contribution in [0.4, 0.5) is 0 Å². The molecule has 2 aromatic carbocycles. The van der Waals surface area contributed by atoms with Gasteiger partial charge in [0.25, 0.3) is 0 Å². The average molecular weight is 241 g/mol. The van der Waals surface area contributed by atoms with Gasteiger partial charge in [-0.2, -0.15) is 0 Å². The summed E-state index contributed by atoms with van der Waals surface area (Å²) >= 11 is 0. The third-order valence-electron chi connectivity index (χ3n) is 3.39. The van der Waals surface area contributed by atoms with Crippen molar-refractivity contribution < 1.29 is 4.74 Å². The molecule has 0 radical (unpaired) electrons. The van der Waals surface area contributed by atoms with E-state index in [2.05, 4.69) is 19.1 Å². The fraction of sp³-hybridized carbons (Fsp3) is 0.250. The van der Waals surface area contributed by atoms with Crippen LogP contribution in [0.2, 0.25) is 0 Å². The van der Waals surface area contributed by atoms with Gasteiger partial charge in [0.15, 0.2) is 0 Å². The minimum Gasteiger partial charge on any atom is -0.497 e. The fourth-order valence-electron chi connectivity index (χ4n) is 2.25. The molecule has 1 atom stereocenters. The van der Waals surface area contributed by atoms with Gasteiger partial charge in [-0.1, -0.05) is 36.4 Å². The largest absolute Gasteiger partial charge is 0.497 e. The van der Waals surface area contributed by atoms with E-state index >= 15 is 0 Å². The number of benzene rings is 2. The third-order valence-corrected chi connectivity index (χ3v) is 3.39. The second-order valence-corrected chi connectivity index (χ2v) is 4.75. The number of hydrogen-bond donors (Lipinski definition) is 1. The molecule has 1 unspecified atom stereocenters. The molecule has 0 fully saturated rings. The zero-order chi connectivity index (χ0) is 13.2. The molecule has 0 bridgehead atoms. The summed E-state index contributed by atoms with van der Waals surface area (Å²) in [5, 5.41) is 0. The molecule has 0 saturated heterocycles. The van der Waals surface area contributed by atoms with Gasteiger partial charge in [-0.05, 0) is 42.7 Å². The Bertz CT molecular complexity index is 529. The van der Waals surface area contributed by atoms with Gasteiger partial charge in [-0.15, -0.1) is 0 Å². The molecule has 18 heavy (non-hydrogen) atoms. The van der Waals surface area contributed by atoms with Crippen molar-refractivity contribution in [1.82, 2.24) is 0 Å². The van der Waals surface area contributed by atoms with Gasteiger partial charge >= 0.3 is 0 Å². The van der Waals surface area contributed by atoms with E-state index < -0.39 is 5.54 Å². The highest BCUT2D eigenvalue weighted by Crippen LogP contribution is 2.29. The number of nitrogens with two attached hydrogens (primary N) is 1. The van der Waals surface area contributed by atoms with Crippen LogP contribution in [0.3, 0.4) is 0 Å². The van der Waals surface area contributed by atoms with Crippen LogP contribution in [0, 0.1) is 6.92 Å². The van der Waals surface area contributed by atoms with Crippen LogP contribution >= 0.6 is 0 Å². The summed E-state index contributed by atoms with van der Waals surface area (Å²) in [7, 11) is 1.66. The first-order valence-corrected chi connectivity index (χ1v) is 6.05. The number of rotatable bonds is 3. The number of ether oxygens (including phenoxy) is 1. The summed E-state index contributed by atoms with van der Waals surface area (Å²) in [6.07, 6.45) is 0. The predicted octanol–water partition coefficient (Wildman–Crippen LogP) is 3.23. The van der Waals surface area contributed by atoms with Crippen molar-refractivity contribution in [2.24, 2.45) is 5.73 Å². The lowest BCUT2D eigenvalue weighted by molar-refractivity contribution is 0.414. The van der Waals surface area contributed by atoms with E-state index in [1.807, 2.05) is 43.3 Å². The second-order valence-electron chi connectivity index (χ2n) is 4.75. The topological polar surface area (TPSA) is 35.2 Å². The fourth-order valence-corrected chi connectivity index (χ4v) is 2.25. The van der Waals surface area contributed by atoms with Crippen LogP contribution in [0.15, 0.2) is 48.5 Å². The first-order valence-electron chi connectivity index (χ1n) is 6.05. The van der Waals surface area contributed by atoms with Crippen molar-refractivity contribution in [3.8, 4) is 5.75 Å². The average Bonchev–Trinajstić information content (AvgIpc) is 2.39. The van der Waals surface area contributed by atoms with E-state index in [1.54, 1.807) is 7.11 Å². The zero-order valence-corrected chi connectivity index (χ0v) is 11.1. The van der Waals surface area contributed by atoms with Crippen molar-refractivity contribution in [2.75, 3.05) is 7.11 Å². The first kappa shape index (κ1) is 12.7. The standard InChI is InChI=1S/C16H19NO/c1-12-6-4-5-7-15(12)16(2,17)13-8-10-14(18-3)11-9-13/h4-11H,17H2,1-3H3. The molecular formula is C16H19NO. The zero-order valence-electron chi connectivity index (χ0n) is 11.1. The Morgan fingerprint density at radius 2 is 1.61 bits per heavy atom. The molecule has 2 nitrogen and oxygen atoms in total. The smallest absolute Gasteiger partial charge is 0.118 e. The maximum absolute atomic E-state index is 6.51. The van der Waals surface area contributed by atoms with Crippen molar-refractivity contribution in [1.29, 1.82) is 0 Å². The van der Waals surface area contributed by atoms with Gasteiger partial charge in [0.2, 0.25) is 0 Å². The molecular weight excluding hydrogens is 222 g/mol. The highest BCUT2D eigenvalue weighted by molar-refractivity contribution is 5.42. The van der Waals surface area contributed by atoms with Gasteiger partial charge in [0.05, 0.1) is 12.6 Å². The van der Waals surface area contributed by atoms with Crippen LogP contribution in [0.5, 0.6) is 5.75 Å². The highest BCUT2D eigenvalue weighted by Gasteiger charge is 2.24. The molecule has 0 aromatic heterocycles. The summed E-state index contributed by atoms with van der Waals surface area (Å²) in [5.41, 5.74) is 9.46. The maximum Gasteiger partial charge on any atom is 0.118 e. The molecule has 94 valence electrons. The lowest BCUT2D eigenvalue weighted by atomic mass is 9.83. The number of hydrogen-bond acceptors (Lipinski definition) is 2. The summed E-state index contributed by atoms with van der Waals surface area (Å²) < 4.78 is 5.17. The van der Waals surface area contributed by atoms with E-state index in [-0.39, 0.29) is 0 Å². The van der Waals surface area contributed by atoms with Crippen LogP contribution in [-0.4, -0.2) is 7.11 Å². The Labute approximate surface area is 108 Å². The lowest BCUT2D eigenvalue weighted by Crippen LogP contribution is -2.35. The molecule has 0 heterocycles. The molecule has 0 aliphatic rings. The Balaban J connectivity index is 2.44. The minimum atomic E-state index is -0.488. The molecule has 2 heteroatoms. The van der Waals surface area contributed by atoms with E-state index in [0.717, 1.165) is 16.9 Å². The third kappa shape index (κ3) is 2.24. The quantitative estimate of drug-likeness (QED) is 0.895. The van der Waals surface area contributed by atoms with Gasteiger partial charge < -0.3 is 10.5 Å². The van der Waals surface area contributed by atoms with Gasteiger partial charge in [0.1, 0.15) is 5.75 Å². The molecule has 0 saturated carbocycles. The SMILES string of the molecule is COc1ccc(C(C)(N)c2ccccc2C)cc1. The Hall–Kier alpha value is -1.80. The lowest BCUT2D eigenvalue weighted by Gasteiger charge is -2.27. The Morgan fingerprint density at radius 1 is 1.00 bits per heavy atom. The van der Waals surface area contributed by atoms with Gasteiger partial charge in [-0.3, -0.25) is 0 Å². The van der Waals surface area contributed by atoms with Crippen LogP contribution in [0.1, 0.15) is 23.6 Å². The van der Waals surface area contributed by atoms with E-state index in [0.29, 0.717) is 0 Å². The van der Waals surface area contributed by atoms with Crippen molar-refractivity contribution >= 4 is 0 Å². The van der Waals surface area contributed by atoms with Gasteiger partial charge in [-0.25, -0.2) is 0 Å². The molecule has 0 amide bonds. The Morgan fingerprint density at radius 3 is 2.17 bits per heavy atom. The number of methoxy groups -OCH3 is 1. The van der Waals surface area contributed by atoms with E-state index in [4.69, 9.17) is 10.5 Å².